The minimum absolute atomic E-state index is 0.0344. The number of pyridine rings is 1. The lowest BCUT2D eigenvalue weighted by Gasteiger charge is -2.29. The van der Waals surface area contributed by atoms with Crippen LogP contribution in [0.5, 0.6) is 0 Å². The standard InChI is InChI=1S/C24H28N4S/c1-16(2)15-27-23(22(26-24(27)29)21-12-8-9-13-25-21)20-14-17(3)28(18(20)4)19-10-6-5-7-11-19/h5-14,16,22-23H,15H2,1-4H3,(H,26,29)/t22-,23-/m0/s1. The van der Waals surface area contributed by atoms with Crippen molar-refractivity contribution in [2.75, 3.05) is 6.54 Å². The summed E-state index contributed by atoms with van der Waals surface area (Å²) >= 11 is 5.77. The Balaban J connectivity index is 1.83. The number of rotatable bonds is 5. The van der Waals surface area contributed by atoms with E-state index in [2.05, 4.69) is 89.9 Å². The zero-order valence-corrected chi connectivity index (χ0v) is 18.3. The highest BCUT2D eigenvalue weighted by Gasteiger charge is 2.41. The quantitative estimate of drug-likeness (QED) is 0.599. The third-order valence-corrected chi connectivity index (χ3v) is 5.92. The van der Waals surface area contributed by atoms with Gasteiger partial charge in [-0.1, -0.05) is 38.1 Å². The van der Waals surface area contributed by atoms with Crippen LogP contribution in [0, 0.1) is 19.8 Å². The molecule has 1 N–H and O–H groups in total. The maximum absolute atomic E-state index is 5.77. The number of hydrogen-bond donors (Lipinski definition) is 1. The van der Waals surface area contributed by atoms with Crippen molar-refractivity contribution in [3.05, 3.63) is 83.4 Å². The highest BCUT2D eigenvalue weighted by molar-refractivity contribution is 7.80. The van der Waals surface area contributed by atoms with Crippen molar-refractivity contribution in [3.8, 4) is 5.69 Å². The van der Waals surface area contributed by atoms with Crippen molar-refractivity contribution in [2.45, 2.75) is 39.8 Å². The first-order valence-electron chi connectivity index (χ1n) is 10.2. The molecule has 1 aromatic carbocycles. The third kappa shape index (κ3) is 3.67. The number of nitrogens with one attached hydrogen (secondary N) is 1. The lowest BCUT2D eigenvalue weighted by atomic mass is 9.96. The smallest absolute Gasteiger partial charge is 0.170 e. The van der Waals surface area contributed by atoms with Gasteiger partial charge in [0, 0.05) is 29.8 Å². The predicted octanol–water partition coefficient (Wildman–Crippen LogP) is 5.12. The van der Waals surface area contributed by atoms with Gasteiger partial charge in [-0.3, -0.25) is 4.98 Å². The molecule has 3 aromatic rings. The third-order valence-electron chi connectivity index (χ3n) is 5.56. The first-order chi connectivity index (χ1) is 14.0. The summed E-state index contributed by atoms with van der Waals surface area (Å²) in [5.41, 5.74) is 5.99. The first kappa shape index (κ1) is 19.6. The van der Waals surface area contributed by atoms with E-state index in [9.17, 15) is 0 Å². The minimum atomic E-state index is 0.0344. The van der Waals surface area contributed by atoms with Gasteiger partial charge < -0.3 is 14.8 Å². The van der Waals surface area contributed by atoms with E-state index in [4.69, 9.17) is 12.2 Å². The molecule has 0 bridgehead atoms. The van der Waals surface area contributed by atoms with Crippen molar-refractivity contribution < 1.29 is 0 Å². The number of nitrogens with zero attached hydrogens (tertiary/aromatic N) is 3. The van der Waals surface area contributed by atoms with Crippen LogP contribution in [0.4, 0.5) is 0 Å². The van der Waals surface area contributed by atoms with E-state index >= 15 is 0 Å². The normalized spacial score (nSPS) is 19.1. The van der Waals surface area contributed by atoms with E-state index in [1.54, 1.807) is 0 Å². The van der Waals surface area contributed by atoms with Crippen LogP contribution in [0.15, 0.2) is 60.8 Å². The van der Waals surface area contributed by atoms with Gasteiger partial charge in [0.25, 0.3) is 0 Å². The molecule has 0 unspecified atom stereocenters. The van der Waals surface area contributed by atoms with Crippen LogP contribution in [0.2, 0.25) is 0 Å². The second kappa shape index (κ2) is 7.99. The lowest BCUT2D eigenvalue weighted by molar-refractivity contribution is 0.287. The van der Waals surface area contributed by atoms with Crippen molar-refractivity contribution >= 4 is 17.3 Å². The monoisotopic (exact) mass is 404 g/mol. The molecule has 29 heavy (non-hydrogen) atoms. The summed E-state index contributed by atoms with van der Waals surface area (Å²) in [5.74, 6) is 0.511. The van der Waals surface area contributed by atoms with Gasteiger partial charge in [0.15, 0.2) is 5.11 Å². The largest absolute Gasteiger partial charge is 0.352 e. The summed E-state index contributed by atoms with van der Waals surface area (Å²) in [6, 6.07) is 19.1. The fourth-order valence-corrected chi connectivity index (χ4v) is 4.71. The van der Waals surface area contributed by atoms with E-state index in [1.807, 2.05) is 18.3 Å². The Labute approximate surface area is 178 Å². The van der Waals surface area contributed by atoms with Gasteiger partial charge in [-0.2, -0.15) is 0 Å². The topological polar surface area (TPSA) is 33.1 Å². The molecule has 4 nitrogen and oxygen atoms in total. The molecular formula is C24H28N4S. The number of aromatic nitrogens is 2. The first-order valence-corrected chi connectivity index (χ1v) is 10.6. The molecule has 0 spiro atoms. The van der Waals surface area contributed by atoms with Gasteiger partial charge in [0.05, 0.1) is 17.8 Å². The van der Waals surface area contributed by atoms with Crippen LogP contribution < -0.4 is 5.32 Å². The summed E-state index contributed by atoms with van der Waals surface area (Å²) < 4.78 is 2.33. The van der Waals surface area contributed by atoms with Gasteiger partial charge in [-0.25, -0.2) is 0 Å². The Hall–Kier alpha value is -2.66. The molecule has 0 aliphatic carbocycles. The van der Waals surface area contributed by atoms with Crippen LogP contribution in [0.1, 0.15) is 48.6 Å². The average molecular weight is 405 g/mol. The van der Waals surface area contributed by atoms with Crippen LogP contribution in [0.25, 0.3) is 5.69 Å². The maximum atomic E-state index is 5.77. The predicted molar refractivity (Wildman–Crippen MR) is 122 cm³/mol. The van der Waals surface area contributed by atoms with E-state index in [-0.39, 0.29) is 12.1 Å². The molecule has 1 saturated heterocycles. The van der Waals surface area contributed by atoms with E-state index in [0.29, 0.717) is 5.92 Å². The summed E-state index contributed by atoms with van der Waals surface area (Å²) in [4.78, 5) is 6.99. The molecule has 2 aromatic heterocycles. The fourth-order valence-electron chi connectivity index (χ4n) is 4.40. The Kier molecular flexibility index (Phi) is 5.41. The van der Waals surface area contributed by atoms with Crippen LogP contribution in [0.3, 0.4) is 0 Å². The minimum Gasteiger partial charge on any atom is -0.352 e. The van der Waals surface area contributed by atoms with Crippen molar-refractivity contribution in [1.29, 1.82) is 0 Å². The Morgan fingerprint density at radius 1 is 1.07 bits per heavy atom. The second-order valence-electron chi connectivity index (χ2n) is 8.17. The number of benzene rings is 1. The van der Waals surface area contributed by atoms with E-state index < -0.39 is 0 Å². The van der Waals surface area contributed by atoms with Crippen LogP contribution >= 0.6 is 12.2 Å². The molecule has 0 amide bonds. The Morgan fingerprint density at radius 3 is 2.45 bits per heavy atom. The highest BCUT2D eigenvalue weighted by atomic mass is 32.1. The zero-order chi connectivity index (χ0) is 20.5. The summed E-state index contributed by atoms with van der Waals surface area (Å²) in [5, 5.41) is 4.36. The molecular weight excluding hydrogens is 376 g/mol. The molecule has 0 radical (unpaired) electrons. The van der Waals surface area contributed by atoms with Gasteiger partial charge >= 0.3 is 0 Å². The summed E-state index contributed by atoms with van der Waals surface area (Å²) in [7, 11) is 0. The van der Waals surface area contributed by atoms with E-state index in [1.165, 1.54) is 22.6 Å². The van der Waals surface area contributed by atoms with Crippen molar-refractivity contribution in [2.24, 2.45) is 5.92 Å². The SMILES string of the molecule is Cc1cc([C@H]2[C@H](c3ccccn3)NC(=S)N2CC(C)C)c(C)n1-c1ccccc1. The number of para-hydroxylation sites is 1. The Bertz CT molecular complexity index is 994. The van der Waals surface area contributed by atoms with Crippen molar-refractivity contribution in [3.63, 3.8) is 0 Å². The maximum Gasteiger partial charge on any atom is 0.170 e. The van der Waals surface area contributed by atoms with Crippen LogP contribution in [-0.4, -0.2) is 26.1 Å². The van der Waals surface area contributed by atoms with Gasteiger partial charge in [-0.05, 0) is 67.9 Å². The zero-order valence-electron chi connectivity index (χ0n) is 17.5. The van der Waals surface area contributed by atoms with Gasteiger partial charge in [0.1, 0.15) is 0 Å². The summed E-state index contributed by atoms with van der Waals surface area (Å²) in [6.07, 6.45) is 1.86. The molecule has 5 heteroatoms. The second-order valence-corrected chi connectivity index (χ2v) is 8.56. The molecule has 1 aliphatic heterocycles. The Morgan fingerprint density at radius 2 is 1.79 bits per heavy atom. The van der Waals surface area contributed by atoms with Crippen molar-refractivity contribution in [1.82, 2.24) is 19.8 Å². The molecule has 1 fully saturated rings. The van der Waals surface area contributed by atoms with Crippen LogP contribution in [-0.2, 0) is 0 Å². The number of thiocarbonyl (C=S) groups is 1. The average Bonchev–Trinajstić information content (AvgIpc) is 3.18. The summed E-state index contributed by atoms with van der Waals surface area (Å²) in [6.45, 7) is 9.77. The van der Waals surface area contributed by atoms with Gasteiger partial charge in [-0.15, -0.1) is 0 Å². The molecule has 4 rings (SSSR count). The molecule has 3 heterocycles. The lowest BCUT2D eigenvalue weighted by Crippen LogP contribution is -2.33. The molecule has 0 saturated carbocycles. The molecule has 1 aliphatic rings. The van der Waals surface area contributed by atoms with Gasteiger partial charge in [0.2, 0.25) is 0 Å². The fraction of sp³-hybridized carbons (Fsp3) is 0.333. The number of aryl methyl sites for hydroxylation is 1. The molecule has 2 atom stereocenters. The van der Waals surface area contributed by atoms with E-state index in [0.717, 1.165) is 17.4 Å². The highest BCUT2D eigenvalue weighted by Crippen LogP contribution is 2.41. The number of hydrogen-bond acceptors (Lipinski definition) is 2. The molecule has 150 valence electrons.